The van der Waals surface area contributed by atoms with E-state index in [1.165, 1.54) is 12.1 Å². The van der Waals surface area contributed by atoms with Gasteiger partial charge in [-0.15, -0.1) is 12.4 Å². The van der Waals surface area contributed by atoms with Gasteiger partial charge in [-0.25, -0.2) is 4.39 Å². The minimum absolute atomic E-state index is 0. The molecule has 1 aromatic carbocycles. The van der Waals surface area contributed by atoms with Gasteiger partial charge in [0.15, 0.2) is 0 Å². The normalized spacial score (nSPS) is 9.44. The highest BCUT2D eigenvalue weighted by atomic mass is 35.5. The van der Waals surface area contributed by atoms with Gasteiger partial charge in [-0.2, -0.15) is 0 Å². The van der Waals surface area contributed by atoms with Crippen molar-refractivity contribution in [2.45, 2.75) is 6.92 Å². The zero-order valence-electron chi connectivity index (χ0n) is 9.34. The summed E-state index contributed by atoms with van der Waals surface area (Å²) in [4.78, 5) is 11.5. The van der Waals surface area contributed by atoms with E-state index in [4.69, 9.17) is 0 Å². The molecule has 0 aromatic heterocycles. The Hall–Kier alpha value is -1.13. The van der Waals surface area contributed by atoms with E-state index in [-0.39, 0.29) is 24.1 Å². The first-order valence-corrected chi connectivity index (χ1v) is 4.84. The number of amides is 1. The summed E-state index contributed by atoms with van der Waals surface area (Å²) in [5, 5.41) is 5.64. The maximum Gasteiger partial charge on any atom is 0.251 e. The molecule has 0 atom stereocenters. The summed E-state index contributed by atoms with van der Waals surface area (Å²) in [5.41, 5.74) is 0.973. The first kappa shape index (κ1) is 14.9. The summed E-state index contributed by atoms with van der Waals surface area (Å²) < 4.78 is 12.9. The second-order valence-electron chi connectivity index (χ2n) is 3.32. The van der Waals surface area contributed by atoms with Crippen molar-refractivity contribution >= 4 is 18.3 Å². The third-order valence-electron chi connectivity index (χ3n) is 2.08. The molecule has 16 heavy (non-hydrogen) atoms. The second-order valence-corrected chi connectivity index (χ2v) is 3.32. The van der Waals surface area contributed by atoms with Crippen LogP contribution in [0.15, 0.2) is 18.2 Å². The molecule has 0 radical (unpaired) electrons. The van der Waals surface area contributed by atoms with Crippen molar-refractivity contribution in [3.8, 4) is 0 Å². The highest BCUT2D eigenvalue weighted by Gasteiger charge is 2.06. The number of aryl methyl sites for hydroxylation is 1. The fourth-order valence-corrected chi connectivity index (χ4v) is 1.19. The molecular formula is C11H16ClFN2O. The lowest BCUT2D eigenvalue weighted by Crippen LogP contribution is -2.30. The summed E-state index contributed by atoms with van der Waals surface area (Å²) in [6.45, 7) is 2.91. The largest absolute Gasteiger partial charge is 0.351 e. The van der Waals surface area contributed by atoms with Gasteiger partial charge in [0.05, 0.1) is 0 Å². The first-order chi connectivity index (χ1) is 7.15. The smallest absolute Gasteiger partial charge is 0.251 e. The van der Waals surface area contributed by atoms with Crippen LogP contribution in [0.4, 0.5) is 4.39 Å². The van der Waals surface area contributed by atoms with Crippen LogP contribution in [0.5, 0.6) is 0 Å². The third-order valence-corrected chi connectivity index (χ3v) is 2.08. The van der Waals surface area contributed by atoms with Crippen LogP contribution in [-0.2, 0) is 0 Å². The molecule has 0 aliphatic rings. The maximum absolute atomic E-state index is 12.9. The average Bonchev–Trinajstić information content (AvgIpc) is 2.22. The molecular weight excluding hydrogens is 231 g/mol. The summed E-state index contributed by atoms with van der Waals surface area (Å²) in [5.74, 6) is -0.463. The Kier molecular flexibility index (Phi) is 6.69. The fourth-order valence-electron chi connectivity index (χ4n) is 1.19. The van der Waals surface area contributed by atoms with Gasteiger partial charge in [0, 0.05) is 18.7 Å². The van der Waals surface area contributed by atoms with E-state index in [0.29, 0.717) is 24.2 Å². The summed E-state index contributed by atoms with van der Waals surface area (Å²) in [6, 6.07) is 4.34. The topological polar surface area (TPSA) is 41.1 Å². The molecule has 1 aromatic rings. The zero-order valence-corrected chi connectivity index (χ0v) is 10.2. The number of rotatable bonds is 4. The van der Waals surface area contributed by atoms with Crippen LogP contribution in [0.1, 0.15) is 15.9 Å². The number of carbonyl (C=O) groups is 1. The monoisotopic (exact) mass is 246 g/mol. The minimum Gasteiger partial charge on any atom is -0.351 e. The molecule has 1 rings (SSSR count). The molecule has 3 nitrogen and oxygen atoms in total. The molecule has 0 spiro atoms. The first-order valence-electron chi connectivity index (χ1n) is 4.84. The zero-order chi connectivity index (χ0) is 11.3. The van der Waals surface area contributed by atoms with Crippen LogP contribution >= 0.6 is 12.4 Å². The molecule has 0 bridgehead atoms. The van der Waals surface area contributed by atoms with Crippen molar-refractivity contribution in [1.82, 2.24) is 10.6 Å². The second kappa shape index (κ2) is 7.19. The molecule has 0 fully saturated rings. The fraction of sp³-hybridized carbons (Fsp3) is 0.364. The Labute approximate surface area is 101 Å². The van der Waals surface area contributed by atoms with Gasteiger partial charge in [-0.3, -0.25) is 4.79 Å². The Balaban J connectivity index is 0.00000225. The molecule has 0 saturated carbocycles. The van der Waals surface area contributed by atoms with Crippen LogP contribution in [-0.4, -0.2) is 26.0 Å². The molecule has 2 N–H and O–H groups in total. The van der Waals surface area contributed by atoms with Crippen molar-refractivity contribution in [3.63, 3.8) is 0 Å². The van der Waals surface area contributed by atoms with Crippen molar-refractivity contribution < 1.29 is 9.18 Å². The quantitative estimate of drug-likeness (QED) is 0.791. The van der Waals surface area contributed by atoms with Gasteiger partial charge < -0.3 is 10.6 Å². The molecule has 0 unspecified atom stereocenters. The van der Waals surface area contributed by atoms with Crippen LogP contribution in [0.2, 0.25) is 0 Å². The van der Waals surface area contributed by atoms with Gasteiger partial charge in [0.1, 0.15) is 5.82 Å². The lowest BCUT2D eigenvalue weighted by Gasteiger charge is -2.05. The maximum atomic E-state index is 12.9. The van der Waals surface area contributed by atoms with Crippen LogP contribution < -0.4 is 10.6 Å². The van der Waals surface area contributed by atoms with E-state index >= 15 is 0 Å². The van der Waals surface area contributed by atoms with Crippen molar-refractivity contribution in [2.75, 3.05) is 20.1 Å². The van der Waals surface area contributed by atoms with E-state index in [2.05, 4.69) is 10.6 Å². The lowest BCUT2D eigenvalue weighted by atomic mass is 10.1. The molecule has 90 valence electrons. The average molecular weight is 247 g/mol. The molecule has 0 aliphatic heterocycles. The van der Waals surface area contributed by atoms with Crippen LogP contribution in [0.25, 0.3) is 0 Å². The molecule has 1 amide bonds. The Bertz CT molecular complexity index is 358. The number of nitrogens with one attached hydrogen (secondary N) is 2. The Morgan fingerprint density at radius 2 is 2.06 bits per heavy atom. The number of hydrogen-bond acceptors (Lipinski definition) is 2. The van der Waals surface area contributed by atoms with E-state index < -0.39 is 0 Å². The van der Waals surface area contributed by atoms with E-state index in [9.17, 15) is 9.18 Å². The molecule has 5 heteroatoms. The van der Waals surface area contributed by atoms with Gasteiger partial charge >= 0.3 is 0 Å². The van der Waals surface area contributed by atoms with Crippen LogP contribution in [0.3, 0.4) is 0 Å². The summed E-state index contributed by atoms with van der Waals surface area (Å²) in [7, 11) is 1.81. The van der Waals surface area contributed by atoms with Gasteiger partial charge in [-0.05, 0) is 37.7 Å². The van der Waals surface area contributed by atoms with Gasteiger partial charge in [0.25, 0.3) is 5.91 Å². The number of likely N-dealkylation sites (N-methyl/N-ethyl adjacent to an activating group) is 1. The number of carbonyl (C=O) groups excluding carboxylic acids is 1. The van der Waals surface area contributed by atoms with Crippen LogP contribution in [0, 0.1) is 12.7 Å². The van der Waals surface area contributed by atoms with E-state index in [1.807, 2.05) is 7.05 Å². The number of hydrogen-bond donors (Lipinski definition) is 2. The van der Waals surface area contributed by atoms with E-state index in [0.717, 1.165) is 0 Å². The van der Waals surface area contributed by atoms with Gasteiger partial charge in [0.2, 0.25) is 0 Å². The Morgan fingerprint density at radius 1 is 1.38 bits per heavy atom. The number of halogens is 2. The van der Waals surface area contributed by atoms with Gasteiger partial charge in [-0.1, -0.05) is 0 Å². The molecule has 0 heterocycles. The number of benzene rings is 1. The third kappa shape index (κ3) is 4.16. The molecule has 0 aliphatic carbocycles. The lowest BCUT2D eigenvalue weighted by molar-refractivity contribution is 0.0954. The minimum atomic E-state index is -0.290. The summed E-state index contributed by atoms with van der Waals surface area (Å²) >= 11 is 0. The SMILES string of the molecule is CNCCNC(=O)c1ccc(F)c(C)c1.Cl. The standard InChI is InChI=1S/C11H15FN2O.ClH/c1-8-7-9(3-4-10(8)12)11(15)14-6-5-13-2;/h3-4,7,13H,5-6H2,1-2H3,(H,14,15);1H. The van der Waals surface area contributed by atoms with E-state index in [1.54, 1.807) is 13.0 Å². The predicted octanol–water partition coefficient (Wildman–Crippen LogP) is 1.51. The highest BCUT2D eigenvalue weighted by Crippen LogP contribution is 2.08. The summed E-state index contributed by atoms with van der Waals surface area (Å²) in [6.07, 6.45) is 0. The predicted molar refractivity (Wildman–Crippen MR) is 64.6 cm³/mol. The van der Waals surface area contributed by atoms with Crippen molar-refractivity contribution in [2.24, 2.45) is 0 Å². The van der Waals surface area contributed by atoms with Crippen molar-refractivity contribution in [3.05, 3.63) is 35.1 Å². The Morgan fingerprint density at radius 3 is 2.62 bits per heavy atom. The highest BCUT2D eigenvalue weighted by molar-refractivity contribution is 5.94. The molecule has 0 saturated heterocycles. The van der Waals surface area contributed by atoms with Crippen molar-refractivity contribution in [1.29, 1.82) is 0 Å².